The van der Waals surface area contributed by atoms with Gasteiger partial charge in [-0.2, -0.15) is 0 Å². The first kappa shape index (κ1) is 23.9. The number of anilines is 4. The number of carbonyl (C=O) groups is 2. The van der Waals surface area contributed by atoms with Crippen molar-refractivity contribution in [2.45, 2.75) is 32.6 Å². The molecule has 0 fully saturated rings. The van der Waals surface area contributed by atoms with Crippen LogP contribution in [0.1, 0.15) is 29.5 Å². The van der Waals surface area contributed by atoms with Crippen molar-refractivity contribution in [3.8, 4) is 0 Å². The summed E-state index contributed by atoms with van der Waals surface area (Å²) in [6.45, 7) is 2.06. The minimum absolute atomic E-state index is 0.201. The van der Waals surface area contributed by atoms with Crippen LogP contribution in [0.4, 0.5) is 22.7 Å². The Hall–Kier alpha value is -3.80. The molecular formula is C27H30N2O4. The molecule has 3 aromatic rings. The molecule has 3 rings (SSSR count). The van der Waals surface area contributed by atoms with Crippen LogP contribution in [-0.4, -0.2) is 26.2 Å². The Labute approximate surface area is 194 Å². The van der Waals surface area contributed by atoms with Crippen molar-refractivity contribution in [3.05, 3.63) is 83.4 Å². The fourth-order valence-corrected chi connectivity index (χ4v) is 3.47. The predicted octanol–water partition coefficient (Wildman–Crippen LogP) is 5.69. The van der Waals surface area contributed by atoms with Gasteiger partial charge < -0.3 is 20.1 Å². The van der Waals surface area contributed by atoms with Crippen LogP contribution in [0.2, 0.25) is 0 Å². The number of methoxy groups -OCH3 is 2. The van der Waals surface area contributed by atoms with Gasteiger partial charge in [0, 0.05) is 35.6 Å². The number of rotatable bonds is 10. The molecule has 0 aliphatic rings. The van der Waals surface area contributed by atoms with Crippen LogP contribution in [0.5, 0.6) is 0 Å². The fourth-order valence-electron chi connectivity index (χ4n) is 3.47. The Balaban J connectivity index is 1.61. The summed E-state index contributed by atoms with van der Waals surface area (Å²) in [5.74, 6) is -0.402. The summed E-state index contributed by atoms with van der Waals surface area (Å²) < 4.78 is 9.39. The average molecular weight is 447 g/mol. The van der Waals surface area contributed by atoms with Gasteiger partial charge in [0.25, 0.3) is 0 Å². The third kappa shape index (κ3) is 7.68. The van der Waals surface area contributed by atoms with Gasteiger partial charge in [0.15, 0.2) is 0 Å². The molecule has 6 nitrogen and oxygen atoms in total. The molecule has 0 amide bonds. The van der Waals surface area contributed by atoms with Crippen LogP contribution in [0.15, 0.2) is 66.7 Å². The average Bonchev–Trinajstić information content (AvgIpc) is 2.82. The molecule has 6 heteroatoms. The summed E-state index contributed by atoms with van der Waals surface area (Å²) in [6.07, 6.45) is 2.07. The summed E-state index contributed by atoms with van der Waals surface area (Å²) >= 11 is 0. The molecule has 3 aromatic carbocycles. The van der Waals surface area contributed by atoms with Crippen LogP contribution in [0, 0.1) is 6.92 Å². The van der Waals surface area contributed by atoms with Crippen molar-refractivity contribution in [2.75, 3.05) is 24.9 Å². The Kier molecular flexibility index (Phi) is 8.47. The number of nitrogens with one attached hydrogen (secondary N) is 2. The minimum Gasteiger partial charge on any atom is -0.469 e. The van der Waals surface area contributed by atoms with Gasteiger partial charge in [-0.15, -0.1) is 0 Å². The molecule has 0 heterocycles. The summed E-state index contributed by atoms with van der Waals surface area (Å²) in [5, 5.41) is 6.88. The SMILES string of the molecule is COC(=O)CCc1ccc(Nc2cc(C)cc(Nc3ccc(CCC(=O)OC)cc3)c2)cc1. The third-order valence-electron chi connectivity index (χ3n) is 5.25. The van der Waals surface area contributed by atoms with Gasteiger partial charge >= 0.3 is 11.9 Å². The van der Waals surface area contributed by atoms with Gasteiger partial charge in [-0.05, 0) is 78.9 Å². The number of benzene rings is 3. The number of hydrogen-bond acceptors (Lipinski definition) is 6. The molecule has 0 atom stereocenters. The van der Waals surface area contributed by atoms with Gasteiger partial charge in [-0.3, -0.25) is 9.59 Å². The predicted molar refractivity (Wildman–Crippen MR) is 131 cm³/mol. The van der Waals surface area contributed by atoms with Gasteiger partial charge in [0.2, 0.25) is 0 Å². The summed E-state index contributed by atoms with van der Waals surface area (Å²) in [5.41, 5.74) is 7.22. The number of carbonyl (C=O) groups excluding carboxylic acids is 2. The lowest BCUT2D eigenvalue weighted by Gasteiger charge is -2.13. The van der Waals surface area contributed by atoms with Crippen LogP contribution < -0.4 is 10.6 Å². The maximum absolute atomic E-state index is 11.3. The molecule has 0 spiro atoms. The van der Waals surface area contributed by atoms with Crippen LogP contribution in [0.3, 0.4) is 0 Å². The van der Waals surface area contributed by atoms with E-state index in [0.717, 1.165) is 39.4 Å². The molecule has 0 unspecified atom stereocenters. The van der Waals surface area contributed by atoms with E-state index in [0.29, 0.717) is 25.7 Å². The Morgan fingerprint density at radius 2 is 1.03 bits per heavy atom. The van der Waals surface area contributed by atoms with E-state index in [4.69, 9.17) is 9.47 Å². The molecule has 0 bridgehead atoms. The first-order valence-corrected chi connectivity index (χ1v) is 10.9. The van der Waals surface area contributed by atoms with Crippen molar-refractivity contribution >= 4 is 34.7 Å². The first-order valence-electron chi connectivity index (χ1n) is 10.9. The summed E-state index contributed by atoms with van der Waals surface area (Å²) in [7, 11) is 2.81. The summed E-state index contributed by atoms with van der Waals surface area (Å²) in [6, 6.07) is 22.3. The maximum Gasteiger partial charge on any atom is 0.305 e. The zero-order chi connectivity index (χ0) is 23.6. The van der Waals surface area contributed by atoms with Crippen molar-refractivity contribution in [3.63, 3.8) is 0 Å². The van der Waals surface area contributed by atoms with Crippen molar-refractivity contribution in [2.24, 2.45) is 0 Å². The lowest BCUT2D eigenvalue weighted by Crippen LogP contribution is -2.02. The molecule has 0 aliphatic heterocycles. The molecular weight excluding hydrogens is 416 g/mol. The second kappa shape index (κ2) is 11.7. The molecule has 0 aliphatic carbocycles. The van der Waals surface area contributed by atoms with Crippen LogP contribution in [-0.2, 0) is 31.9 Å². The molecule has 0 saturated carbocycles. The molecule has 0 saturated heterocycles. The van der Waals surface area contributed by atoms with E-state index in [-0.39, 0.29) is 11.9 Å². The highest BCUT2D eigenvalue weighted by atomic mass is 16.5. The number of esters is 2. The lowest BCUT2D eigenvalue weighted by molar-refractivity contribution is -0.141. The fraction of sp³-hybridized carbons (Fsp3) is 0.259. The van der Waals surface area contributed by atoms with Crippen LogP contribution >= 0.6 is 0 Å². The monoisotopic (exact) mass is 446 g/mol. The Morgan fingerprint density at radius 1 is 0.636 bits per heavy atom. The quantitative estimate of drug-likeness (QED) is 0.390. The van der Waals surface area contributed by atoms with E-state index in [1.807, 2.05) is 48.5 Å². The topological polar surface area (TPSA) is 76.7 Å². The minimum atomic E-state index is -0.201. The first-order chi connectivity index (χ1) is 15.9. The Morgan fingerprint density at radius 3 is 1.39 bits per heavy atom. The van der Waals surface area contributed by atoms with E-state index in [1.165, 1.54) is 14.2 Å². The third-order valence-corrected chi connectivity index (χ3v) is 5.25. The highest BCUT2D eigenvalue weighted by Crippen LogP contribution is 2.26. The van der Waals surface area contributed by atoms with Crippen molar-refractivity contribution < 1.29 is 19.1 Å². The zero-order valence-electron chi connectivity index (χ0n) is 19.3. The maximum atomic E-state index is 11.3. The van der Waals surface area contributed by atoms with E-state index >= 15 is 0 Å². The second-order valence-corrected chi connectivity index (χ2v) is 7.88. The number of hydrogen-bond donors (Lipinski definition) is 2. The Bertz CT molecular complexity index is 993. The van der Waals surface area contributed by atoms with Gasteiger partial charge in [-0.25, -0.2) is 0 Å². The molecule has 0 radical (unpaired) electrons. The smallest absolute Gasteiger partial charge is 0.305 e. The van der Waals surface area contributed by atoms with Gasteiger partial charge in [0.1, 0.15) is 0 Å². The summed E-state index contributed by atoms with van der Waals surface area (Å²) in [4.78, 5) is 22.6. The number of aryl methyl sites for hydroxylation is 3. The molecule has 172 valence electrons. The standard InChI is InChI=1S/C27H30N2O4/c1-19-16-24(28-22-10-4-20(5-11-22)8-14-26(30)32-2)18-25(17-19)29-23-12-6-21(7-13-23)9-15-27(31)33-3/h4-7,10-13,16-18,28-29H,8-9,14-15H2,1-3H3. The van der Waals surface area contributed by atoms with Crippen LogP contribution in [0.25, 0.3) is 0 Å². The second-order valence-electron chi connectivity index (χ2n) is 7.88. The van der Waals surface area contributed by atoms with Crippen molar-refractivity contribution in [1.82, 2.24) is 0 Å². The van der Waals surface area contributed by atoms with E-state index in [2.05, 4.69) is 35.8 Å². The van der Waals surface area contributed by atoms with Gasteiger partial charge in [-0.1, -0.05) is 24.3 Å². The largest absolute Gasteiger partial charge is 0.469 e. The van der Waals surface area contributed by atoms with E-state index in [9.17, 15) is 9.59 Å². The van der Waals surface area contributed by atoms with E-state index in [1.54, 1.807) is 0 Å². The van der Waals surface area contributed by atoms with E-state index < -0.39 is 0 Å². The highest BCUT2D eigenvalue weighted by Gasteiger charge is 2.05. The molecule has 33 heavy (non-hydrogen) atoms. The lowest BCUT2D eigenvalue weighted by atomic mass is 10.1. The molecule has 0 aromatic heterocycles. The highest BCUT2D eigenvalue weighted by molar-refractivity contribution is 5.71. The van der Waals surface area contributed by atoms with Crippen molar-refractivity contribution in [1.29, 1.82) is 0 Å². The van der Waals surface area contributed by atoms with Gasteiger partial charge in [0.05, 0.1) is 14.2 Å². The molecule has 2 N–H and O–H groups in total. The normalized spacial score (nSPS) is 10.4. The number of ether oxygens (including phenoxy) is 2. The zero-order valence-corrected chi connectivity index (χ0v) is 19.3.